The lowest BCUT2D eigenvalue weighted by atomic mass is 10.0. The van der Waals surface area contributed by atoms with Crippen LogP contribution in [-0.4, -0.2) is 43.4 Å². The molecule has 2 heterocycles. The van der Waals surface area contributed by atoms with Gasteiger partial charge in [0.25, 0.3) is 0 Å². The molecule has 0 saturated heterocycles. The van der Waals surface area contributed by atoms with Crippen molar-refractivity contribution in [1.82, 2.24) is 19.7 Å². The molecule has 0 unspecified atom stereocenters. The highest BCUT2D eigenvalue weighted by Gasteiger charge is 2.26. The average molecular weight is 380 g/mol. The van der Waals surface area contributed by atoms with E-state index >= 15 is 0 Å². The van der Waals surface area contributed by atoms with Crippen LogP contribution in [0, 0.1) is 13.8 Å². The first kappa shape index (κ1) is 19.2. The van der Waals surface area contributed by atoms with E-state index in [1.54, 1.807) is 49.1 Å². The molecule has 0 aliphatic carbocycles. The molecule has 0 aliphatic rings. The molecule has 1 atom stereocenters. The van der Waals surface area contributed by atoms with E-state index in [0.29, 0.717) is 22.4 Å². The first-order chi connectivity index (χ1) is 13.3. The number of aryl methyl sites for hydroxylation is 1. The van der Waals surface area contributed by atoms with Gasteiger partial charge in [0.2, 0.25) is 5.78 Å². The van der Waals surface area contributed by atoms with Gasteiger partial charge in [-0.15, -0.1) is 0 Å². The van der Waals surface area contributed by atoms with Gasteiger partial charge in [0.05, 0.1) is 16.9 Å². The third-order valence-electron chi connectivity index (χ3n) is 4.48. The Hall–Kier alpha value is -3.55. The summed E-state index contributed by atoms with van der Waals surface area (Å²) in [6.07, 6.45) is 1.96. The molecule has 0 spiro atoms. The predicted octanol–water partition coefficient (Wildman–Crippen LogP) is 2.84. The minimum Gasteiger partial charge on any atom is -0.451 e. The Labute approximate surface area is 161 Å². The summed E-state index contributed by atoms with van der Waals surface area (Å²) in [6, 6.07) is 6.59. The molecule has 28 heavy (non-hydrogen) atoms. The monoisotopic (exact) mass is 380 g/mol. The SMILES string of the molecule is CC(=O)c1c(C)[nH]c(C(=O)[C@H](C)OC(=O)c2ccc(-n3cncn3)cc2)c1C. The molecule has 1 aromatic carbocycles. The minimum atomic E-state index is -1.00. The highest BCUT2D eigenvalue weighted by Crippen LogP contribution is 2.21. The van der Waals surface area contributed by atoms with Crippen LogP contribution in [0.2, 0.25) is 0 Å². The van der Waals surface area contributed by atoms with Gasteiger partial charge in [-0.05, 0) is 57.5 Å². The van der Waals surface area contributed by atoms with Crippen LogP contribution < -0.4 is 0 Å². The van der Waals surface area contributed by atoms with E-state index in [2.05, 4.69) is 15.1 Å². The van der Waals surface area contributed by atoms with Crippen molar-refractivity contribution in [2.45, 2.75) is 33.8 Å². The Balaban J connectivity index is 1.73. The van der Waals surface area contributed by atoms with Crippen molar-refractivity contribution in [3.63, 3.8) is 0 Å². The molecule has 2 aromatic heterocycles. The molecule has 0 saturated carbocycles. The topological polar surface area (TPSA) is 107 Å². The van der Waals surface area contributed by atoms with Gasteiger partial charge >= 0.3 is 5.97 Å². The van der Waals surface area contributed by atoms with Gasteiger partial charge in [-0.3, -0.25) is 9.59 Å². The zero-order chi connectivity index (χ0) is 20.4. The lowest BCUT2D eigenvalue weighted by Gasteiger charge is -2.12. The van der Waals surface area contributed by atoms with E-state index < -0.39 is 12.1 Å². The molecule has 144 valence electrons. The summed E-state index contributed by atoms with van der Waals surface area (Å²) in [7, 11) is 0. The summed E-state index contributed by atoms with van der Waals surface area (Å²) < 4.78 is 6.88. The van der Waals surface area contributed by atoms with Gasteiger partial charge in [0, 0.05) is 11.3 Å². The number of hydrogen-bond acceptors (Lipinski definition) is 6. The molecular formula is C20H20N4O4. The molecule has 8 nitrogen and oxygen atoms in total. The van der Waals surface area contributed by atoms with Crippen LogP contribution in [0.15, 0.2) is 36.9 Å². The largest absolute Gasteiger partial charge is 0.451 e. The Morgan fingerprint density at radius 2 is 1.82 bits per heavy atom. The number of esters is 1. The summed E-state index contributed by atoms with van der Waals surface area (Å²) in [5, 5.41) is 4.01. The fraction of sp³-hybridized carbons (Fsp3) is 0.250. The highest BCUT2D eigenvalue weighted by atomic mass is 16.5. The fourth-order valence-corrected chi connectivity index (χ4v) is 3.10. The van der Waals surface area contributed by atoms with Crippen LogP contribution in [0.3, 0.4) is 0 Å². The quantitative estimate of drug-likeness (QED) is 0.520. The molecule has 1 N–H and O–H groups in total. The lowest BCUT2D eigenvalue weighted by Crippen LogP contribution is -2.25. The van der Waals surface area contributed by atoms with Crippen LogP contribution in [0.1, 0.15) is 56.3 Å². The number of carbonyl (C=O) groups excluding carboxylic acids is 3. The second kappa shape index (κ2) is 7.59. The number of ketones is 2. The number of rotatable bonds is 6. The fourth-order valence-electron chi connectivity index (χ4n) is 3.10. The maximum atomic E-state index is 12.7. The molecule has 0 fully saturated rings. The van der Waals surface area contributed by atoms with Crippen molar-refractivity contribution in [2.24, 2.45) is 0 Å². The zero-order valence-electron chi connectivity index (χ0n) is 16.0. The normalized spacial score (nSPS) is 11.9. The number of aromatic nitrogens is 4. The Morgan fingerprint density at radius 3 is 2.36 bits per heavy atom. The smallest absolute Gasteiger partial charge is 0.338 e. The predicted molar refractivity (Wildman–Crippen MR) is 101 cm³/mol. The van der Waals surface area contributed by atoms with E-state index in [1.165, 1.54) is 20.2 Å². The molecule has 3 rings (SSSR count). The lowest BCUT2D eigenvalue weighted by molar-refractivity contribution is 0.0317. The number of benzene rings is 1. The Kier molecular flexibility index (Phi) is 5.21. The van der Waals surface area contributed by atoms with E-state index in [0.717, 1.165) is 5.69 Å². The average Bonchev–Trinajstić information content (AvgIpc) is 3.29. The van der Waals surface area contributed by atoms with Crippen LogP contribution in [0.5, 0.6) is 0 Å². The maximum absolute atomic E-state index is 12.7. The van der Waals surface area contributed by atoms with E-state index in [1.807, 2.05) is 0 Å². The van der Waals surface area contributed by atoms with Crippen LogP contribution in [0.25, 0.3) is 5.69 Å². The molecular weight excluding hydrogens is 360 g/mol. The molecule has 0 amide bonds. The number of carbonyl (C=O) groups is 3. The zero-order valence-corrected chi connectivity index (χ0v) is 16.0. The molecule has 0 bridgehead atoms. The van der Waals surface area contributed by atoms with Gasteiger partial charge in [0.1, 0.15) is 12.7 Å². The number of nitrogens with one attached hydrogen (secondary N) is 1. The summed E-state index contributed by atoms with van der Waals surface area (Å²) in [5.41, 5.74) is 3.01. The minimum absolute atomic E-state index is 0.123. The van der Waals surface area contributed by atoms with E-state index in [9.17, 15) is 14.4 Å². The summed E-state index contributed by atoms with van der Waals surface area (Å²) in [6.45, 7) is 6.38. The van der Waals surface area contributed by atoms with Crippen LogP contribution in [0.4, 0.5) is 0 Å². The van der Waals surface area contributed by atoms with Crippen molar-refractivity contribution in [1.29, 1.82) is 0 Å². The first-order valence-corrected chi connectivity index (χ1v) is 8.70. The van der Waals surface area contributed by atoms with E-state index in [4.69, 9.17) is 4.74 Å². The number of H-pyrrole nitrogens is 1. The van der Waals surface area contributed by atoms with Gasteiger partial charge in [-0.1, -0.05) is 0 Å². The second-order valence-corrected chi connectivity index (χ2v) is 6.48. The van der Waals surface area contributed by atoms with Gasteiger partial charge in [-0.2, -0.15) is 5.10 Å². The number of Topliss-reactive ketones (excluding diaryl/α,β-unsaturated/α-hetero) is 2. The van der Waals surface area contributed by atoms with E-state index in [-0.39, 0.29) is 17.3 Å². The second-order valence-electron chi connectivity index (χ2n) is 6.48. The molecule has 0 aliphatic heterocycles. The Bertz CT molecular complexity index is 1030. The number of nitrogens with zero attached hydrogens (tertiary/aromatic N) is 3. The highest BCUT2D eigenvalue weighted by molar-refractivity contribution is 6.05. The van der Waals surface area contributed by atoms with Crippen molar-refractivity contribution in [3.05, 3.63) is 65.0 Å². The van der Waals surface area contributed by atoms with Crippen molar-refractivity contribution in [2.75, 3.05) is 0 Å². The van der Waals surface area contributed by atoms with Crippen LogP contribution in [-0.2, 0) is 4.74 Å². The maximum Gasteiger partial charge on any atom is 0.338 e. The molecule has 8 heteroatoms. The van der Waals surface area contributed by atoms with Gasteiger partial charge in [-0.25, -0.2) is 14.5 Å². The number of aromatic amines is 1. The van der Waals surface area contributed by atoms with Gasteiger partial charge < -0.3 is 9.72 Å². The van der Waals surface area contributed by atoms with Crippen molar-refractivity contribution in [3.8, 4) is 5.69 Å². The number of hydrogen-bond donors (Lipinski definition) is 1. The van der Waals surface area contributed by atoms with Crippen LogP contribution >= 0.6 is 0 Å². The third-order valence-corrected chi connectivity index (χ3v) is 4.48. The third kappa shape index (κ3) is 3.62. The van der Waals surface area contributed by atoms with Crippen molar-refractivity contribution >= 4 is 17.5 Å². The summed E-state index contributed by atoms with van der Waals surface area (Å²) in [5.74, 6) is -1.12. The Morgan fingerprint density at radius 1 is 1.14 bits per heavy atom. The summed E-state index contributed by atoms with van der Waals surface area (Å²) in [4.78, 5) is 43.6. The summed E-state index contributed by atoms with van der Waals surface area (Å²) >= 11 is 0. The first-order valence-electron chi connectivity index (χ1n) is 8.70. The number of ether oxygens (including phenoxy) is 1. The van der Waals surface area contributed by atoms with Gasteiger partial charge in [0.15, 0.2) is 11.9 Å². The van der Waals surface area contributed by atoms with Crippen molar-refractivity contribution < 1.29 is 19.1 Å². The molecule has 3 aromatic rings. The standard InChI is InChI=1S/C20H20N4O4/c1-11-17(13(3)25)12(2)23-18(11)19(26)14(4)28-20(27)15-5-7-16(8-6-15)24-10-21-9-22-24/h5-10,14,23H,1-4H3/t14-/m0/s1. The molecule has 0 radical (unpaired) electrons.